The molecule has 1 saturated heterocycles. The van der Waals surface area contributed by atoms with E-state index in [9.17, 15) is 9.59 Å². The maximum atomic E-state index is 12.7. The Morgan fingerprint density at radius 3 is 2.76 bits per heavy atom. The molecular formula is C17H18N2O2. The highest BCUT2D eigenvalue weighted by Gasteiger charge is 2.31. The molecule has 1 aliphatic rings. The van der Waals surface area contributed by atoms with Crippen LogP contribution < -0.4 is 5.32 Å². The summed E-state index contributed by atoms with van der Waals surface area (Å²) in [6.07, 6.45) is 0.630. The normalized spacial score (nSPS) is 18.6. The molecule has 1 N–H and O–H groups in total. The van der Waals surface area contributed by atoms with Crippen molar-refractivity contribution in [3.05, 3.63) is 48.0 Å². The van der Waals surface area contributed by atoms with E-state index in [1.54, 1.807) is 4.90 Å². The van der Waals surface area contributed by atoms with Gasteiger partial charge >= 0.3 is 0 Å². The van der Waals surface area contributed by atoms with Crippen LogP contribution in [0.1, 0.15) is 23.7 Å². The molecule has 1 heterocycles. The Kier molecular flexibility index (Phi) is 3.60. The van der Waals surface area contributed by atoms with Crippen LogP contribution in [0.4, 0.5) is 0 Å². The predicted molar refractivity (Wildman–Crippen MR) is 82.1 cm³/mol. The van der Waals surface area contributed by atoms with E-state index in [-0.39, 0.29) is 17.9 Å². The van der Waals surface area contributed by atoms with E-state index >= 15 is 0 Å². The molecule has 1 fully saturated rings. The zero-order chi connectivity index (χ0) is 14.8. The topological polar surface area (TPSA) is 49.4 Å². The van der Waals surface area contributed by atoms with Crippen molar-refractivity contribution in [2.45, 2.75) is 19.4 Å². The summed E-state index contributed by atoms with van der Waals surface area (Å²) in [6, 6.07) is 13.3. The average molecular weight is 282 g/mol. The summed E-state index contributed by atoms with van der Waals surface area (Å²) in [5, 5.41) is 4.96. The third-order valence-corrected chi connectivity index (χ3v) is 3.97. The van der Waals surface area contributed by atoms with Gasteiger partial charge in [-0.25, -0.2) is 0 Å². The first-order chi connectivity index (χ1) is 10.2. The molecule has 0 bridgehead atoms. The molecule has 1 aliphatic heterocycles. The van der Waals surface area contributed by atoms with Crippen LogP contribution >= 0.6 is 0 Å². The van der Waals surface area contributed by atoms with E-state index in [4.69, 9.17) is 0 Å². The summed E-state index contributed by atoms with van der Waals surface area (Å²) in [5.41, 5.74) is 0.641. The van der Waals surface area contributed by atoms with E-state index in [0.29, 0.717) is 25.1 Å². The highest BCUT2D eigenvalue weighted by Crippen LogP contribution is 2.19. The first kappa shape index (κ1) is 13.6. The van der Waals surface area contributed by atoms with Crippen molar-refractivity contribution < 1.29 is 9.59 Å². The first-order valence-electron chi connectivity index (χ1n) is 7.28. The van der Waals surface area contributed by atoms with Crippen LogP contribution in [0.25, 0.3) is 10.8 Å². The molecule has 4 nitrogen and oxygen atoms in total. The van der Waals surface area contributed by atoms with Crippen molar-refractivity contribution in [2.24, 2.45) is 0 Å². The second-order valence-corrected chi connectivity index (χ2v) is 5.28. The van der Waals surface area contributed by atoms with Gasteiger partial charge in [0.15, 0.2) is 0 Å². The highest BCUT2D eigenvalue weighted by atomic mass is 16.2. The van der Waals surface area contributed by atoms with Crippen molar-refractivity contribution >= 4 is 22.6 Å². The molecule has 0 spiro atoms. The number of benzene rings is 2. The van der Waals surface area contributed by atoms with Gasteiger partial charge in [0, 0.05) is 18.7 Å². The predicted octanol–water partition coefficient (Wildman–Crippen LogP) is 2.19. The van der Waals surface area contributed by atoms with E-state index in [0.717, 1.165) is 10.8 Å². The molecule has 1 atom stereocenters. The van der Waals surface area contributed by atoms with E-state index < -0.39 is 0 Å². The second-order valence-electron chi connectivity index (χ2n) is 5.28. The van der Waals surface area contributed by atoms with Crippen molar-refractivity contribution in [2.75, 3.05) is 13.1 Å². The maximum absolute atomic E-state index is 12.7. The number of fused-ring (bicyclic) bond motifs is 1. The molecule has 2 aromatic carbocycles. The van der Waals surface area contributed by atoms with Gasteiger partial charge in [-0.05, 0) is 29.3 Å². The molecule has 0 radical (unpaired) electrons. The lowest BCUT2D eigenvalue weighted by molar-refractivity contribution is -0.127. The van der Waals surface area contributed by atoms with E-state index in [1.807, 2.05) is 49.4 Å². The van der Waals surface area contributed by atoms with Gasteiger partial charge in [-0.2, -0.15) is 0 Å². The van der Waals surface area contributed by atoms with E-state index in [2.05, 4.69) is 5.32 Å². The van der Waals surface area contributed by atoms with Crippen LogP contribution in [0, 0.1) is 0 Å². The number of nitrogens with zero attached hydrogens (tertiary/aromatic N) is 1. The van der Waals surface area contributed by atoms with Gasteiger partial charge in [0.1, 0.15) is 6.04 Å². The number of piperazine rings is 1. The van der Waals surface area contributed by atoms with Crippen LogP contribution in [0.2, 0.25) is 0 Å². The summed E-state index contributed by atoms with van der Waals surface area (Å²) in [5.74, 6) is -0.125. The summed E-state index contributed by atoms with van der Waals surface area (Å²) < 4.78 is 0. The van der Waals surface area contributed by atoms with Crippen LogP contribution in [0.15, 0.2) is 42.5 Å². The van der Waals surface area contributed by atoms with Gasteiger partial charge < -0.3 is 10.2 Å². The number of rotatable bonds is 2. The van der Waals surface area contributed by atoms with Crippen LogP contribution in [0.5, 0.6) is 0 Å². The zero-order valence-corrected chi connectivity index (χ0v) is 12.0. The smallest absolute Gasteiger partial charge is 0.254 e. The Balaban J connectivity index is 1.93. The lowest BCUT2D eigenvalue weighted by Crippen LogP contribution is -2.56. The second kappa shape index (κ2) is 5.56. The third kappa shape index (κ3) is 2.49. The number of nitrogens with one attached hydrogen (secondary N) is 1. The van der Waals surface area contributed by atoms with Gasteiger partial charge in [0.25, 0.3) is 5.91 Å². The van der Waals surface area contributed by atoms with Gasteiger partial charge in [-0.15, -0.1) is 0 Å². The lowest BCUT2D eigenvalue weighted by atomic mass is 10.0. The van der Waals surface area contributed by atoms with Crippen molar-refractivity contribution in [3.8, 4) is 0 Å². The number of amides is 2. The Labute approximate surface area is 123 Å². The van der Waals surface area contributed by atoms with E-state index in [1.165, 1.54) is 0 Å². The Morgan fingerprint density at radius 2 is 2.00 bits per heavy atom. The number of carbonyl (C=O) groups excluding carboxylic acids is 2. The minimum atomic E-state index is -0.363. The summed E-state index contributed by atoms with van der Waals surface area (Å²) >= 11 is 0. The molecule has 2 amide bonds. The SMILES string of the molecule is CCC1C(=O)NCCN1C(=O)c1ccc2ccccc2c1. The van der Waals surface area contributed by atoms with Gasteiger partial charge in [0.2, 0.25) is 5.91 Å². The highest BCUT2D eigenvalue weighted by molar-refractivity contribution is 6.01. The maximum Gasteiger partial charge on any atom is 0.254 e. The minimum absolute atomic E-state index is 0.0575. The summed E-state index contributed by atoms with van der Waals surface area (Å²) in [7, 11) is 0. The zero-order valence-electron chi connectivity index (χ0n) is 12.0. The van der Waals surface area contributed by atoms with Crippen LogP contribution in [-0.4, -0.2) is 35.8 Å². The van der Waals surface area contributed by atoms with Gasteiger partial charge in [0.05, 0.1) is 0 Å². The van der Waals surface area contributed by atoms with Gasteiger partial charge in [-0.3, -0.25) is 9.59 Å². The molecule has 0 aliphatic carbocycles. The number of hydrogen-bond acceptors (Lipinski definition) is 2. The van der Waals surface area contributed by atoms with Crippen molar-refractivity contribution in [1.82, 2.24) is 10.2 Å². The number of hydrogen-bond donors (Lipinski definition) is 1. The number of carbonyl (C=O) groups is 2. The molecule has 1 unspecified atom stereocenters. The third-order valence-electron chi connectivity index (χ3n) is 3.97. The Bertz CT molecular complexity index is 696. The molecule has 0 aromatic heterocycles. The fraction of sp³-hybridized carbons (Fsp3) is 0.294. The molecule has 108 valence electrons. The molecular weight excluding hydrogens is 264 g/mol. The summed E-state index contributed by atoms with van der Waals surface area (Å²) in [6.45, 7) is 3.01. The van der Waals surface area contributed by atoms with Crippen LogP contribution in [-0.2, 0) is 4.79 Å². The first-order valence-corrected chi connectivity index (χ1v) is 7.28. The van der Waals surface area contributed by atoms with Crippen molar-refractivity contribution in [1.29, 1.82) is 0 Å². The fourth-order valence-electron chi connectivity index (χ4n) is 2.85. The standard InChI is InChI=1S/C17H18N2O2/c1-2-15-16(20)18-9-10-19(15)17(21)14-8-7-12-5-3-4-6-13(12)11-14/h3-8,11,15H,2,9-10H2,1H3,(H,18,20). The lowest BCUT2D eigenvalue weighted by Gasteiger charge is -2.34. The van der Waals surface area contributed by atoms with Gasteiger partial charge in [-0.1, -0.05) is 37.3 Å². The molecule has 0 saturated carbocycles. The average Bonchev–Trinajstić information content (AvgIpc) is 2.53. The van der Waals surface area contributed by atoms with Crippen LogP contribution in [0.3, 0.4) is 0 Å². The fourth-order valence-corrected chi connectivity index (χ4v) is 2.85. The molecule has 4 heteroatoms. The monoisotopic (exact) mass is 282 g/mol. The Morgan fingerprint density at radius 1 is 1.24 bits per heavy atom. The largest absolute Gasteiger partial charge is 0.353 e. The minimum Gasteiger partial charge on any atom is -0.353 e. The van der Waals surface area contributed by atoms with Crippen molar-refractivity contribution in [3.63, 3.8) is 0 Å². The molecule has 3 rings (SSSR count). The Hall–Kier alpha value is -2.36. The summed E-state index contributed by atoms with van der Waals surface area (Å²) in [4.78, 5) is 26.3. The quantitative estimate of drug-likeness (QED) is 0.918. The molecule has 2 aromatic rings. The molecule has 21 heavy (non-hydrogen) atoms.